The summed E-state index contributed by atoms with van der Waals surface area (Å²) in [6.45, 7) is 2.18. The van der Waals surface area contributed by atoms with Crippen molar-refractivity contribution >= 4 is 23.3 Å². The van der Waals surface area contributed by atoms with E-state index >= 15 is 0 Å². The zero-order valence-corrected chi connectivity index (χ0v) is 13.1. The van der Waals surface area contributed by atoms with Crippen LogP contribution in [0.4, 0.5) is 19.3 Å². The lowest BCUT2D eigenvalue weighted by molar-refractivity contribution is 0.247. The SMILES string of the molecule is Cc1ccc(NC(=O)NCCOc2ccc(F)c(F)c2)cc1Cl. The number of urea groups is 1. The first-order chi connectivity index (χ1) is 11.0. The van der Waals surface area contributed by atoms with Crippen molar-refractivity contribution in [2.45, 2.75) is 6.92 Å². The van der Waals surface area contributed by atoms with Gasteiger partial charge in [-0.05, 0) is 36.8 Å². The predicted molar refractivity (Wildman–Crippen MR) is 85.1 cm³/mol. The molecule has 0 spiro atoms. The Morgan fingerprint density at radius 3 is 2.65 bits per heavy atom. The molecule has 0 heterocycles. The summed E-state index contributed by atoms with van der Waals surface area (Å²) in [7, 11) is 0. The van der Waals surface area contributed by atoms with Crippen molar-refractivity contribution in [2.24, 2.45) is 0 Å². The molecule has 0 fully saturated rings. The number of rotatable bonds is 5. The number of hydrogen-bond acceptors (Lipinski definition) is 2. The number of amides is 2. The van der Waals surface area contributed by atoms with Crippen LogP contribution in [0.3, 0.4) is 0 Å². The van der Waals surface area contributed by atoms with Gasteiger partial charge in [-0.25, -0.2) is 13.6 Å². The fourth-order valence-electron chi connectivity index (χ4n) is 1.75. The molecule has 2 N–H and O–H groups in total. The molecule has 4 nitrogen and oxygen atoms in total. The third-order valence-electron chi connectivity index (χ3n) is 2.98. The van der Waals surface area contributed by atoms with Crippen molar-refractivity contribution < 1.29 is 18.3 Å². The molecule has 0 unspecified atom stereocenters. The van der Waals surface area contributed by atoms with E-state index < -0.39 is 17.7 Å². The van der Waals surface area contributed by atoms with E-state index in [0.717, 1.165) is 17.7 Å². The Bertz CT molecular complexity index is 710. The molecule has 0 aliphatic heterocycles. The van der Waals surface area contributed by atoms with Crippen molar-refractivity contribution in [3.8, 4) is 5.75 Å². The molecule has 0 atom stereocenters. The van der Waals surface area contributed by atoms with Crippen LogP contribution in [-0.2, 0) is 0 Å². The van der Waals surface area contributed by atoms with Gasteiger partial charge in [0.15, 0.2) is 11.6 Å². The van der Waals surface area contributed by atoms with Crippen LogP contribution in [0.15, 0.2) is 36.4 Å². The zero-order chi connectivity index (χ0) is 16.8. The number of halogens is 3. The van der Waals surface area contributed by atoms with Crippen LogP contribution in [0.25, 0.3) is 0 Å². The fourth-order valence-corrected chi connectivity index (χ4v) is 1.93. The average Bonchev–Trinajstić information content (AvgIpc) is 2.51. The number of carbonyl (C=O) groups excluding carboxylic acids is 1. The number of benzene rings is 2. The summed E-state index contributed by atoms with van der Waals surface area (Å²) >= 11 is 5.97. The van der Waals surface area contributed by atoms with Crippen molar-refractivity contribution in [3.63, 3.8) is 0 Å². The summed E-state index contributed by atoms with van der Waals surface area (Å²) in [5, 5.41) is 5.76. The van der Waals surface area contributed by atoms with Crippen LogP contribution in [0.2, 0.25) is 5.02 Å². The molecule has 0 aliphatic rings. The van der Waals surface area contributed by atoms with Crippen molar-refractivity contribution in [1.29, 1.82) is 0 Å². The normalized spacial score (nSPS) is 10.3. The van der Waals surface area contributed by atoms with E-state index in [2.05, 4.69) is 10.6 Å². The third kappa shape index (κ3) is 5.10. The molecule has 2 amide bonds. The topological polar surface area (TPSA) is 50.4 Å². The molecule has 122 valence electrons. The van der Waals surface area contributed by atoms with Gasteiger partial charge >= 0.3 is 6.03 Å². The smallest absolute Gasteiger partial charge is 0.319 e. The molecule has 23 heavy (non-hydrogen) atoms. The molecule has 2 rings (SSSR count). The summed E-state index contributed by atoms with van der Waals surface area (Å²) in [6, 6.07) is 8.00. The minimum Gasteiger partial charge on any atom is -0.492 e. The number of aryl methyl sites for hydroxylation is 1. The fraction of sp³-hybridized carbons (Fsp3) is 0.188. The second-order valence-corrected chi connectivity index (χ2v) is 5.18. The molecule has 0 saturated heterocycles. The summed E-state index contributed by atoms with van der Waals surface area (Å²) in [5.74, 6) is -1.73. The van der Waals surface area contributed by atoms with Crippen molar-refractivity contribution in [2.75, 3.05) is 18.5 Å². The lowest BCUT2D eigenvalue weighted by atomic mass is 10.2. The minimum atomic E-state index is -0.982. The number of hydrogen-bond donors (Lipinski definition) is 2. The molecule has 0 radical (unpaired) electrons. The molecule has 0 bridgehead atoms. The van der Waals surface area contributed by atoms with Crippen LogP contribution in [0.1, 0.15) is 5.56 Å². The minimum absolute atomic E-state index is 0.118. The van der Waals surface area contributed by atoms with E-state index in [-0.39, 0.29) is 18.9 Å². The Morgan fingerprint density at radius 2 is 1.96 bits per heavy atom. The monoisotopic (exact) mass is 340 g/mol. The highest BCUT2D eigenvalue weighted by atomic mass is 35.5. The number of ether oxygens (including phenoxy) is 1. The van der Waals surface area contributed by atoms with E-state index in [1.807, 2.05) is 6.92 Å². The number of nitrogens with one attached hydrogen (secondary N) is 2. The van der Waals surface area contributed by atoms with Crippen LogP contribution >= 0.6 is 11.6 Å². The quantitative estimate of drug-likeness (QED) is 0.804. The van der Waals surface area contributed by atoms with Gasteiger partial charge in [-0.2, -0.15) is 0 Å². The Labute approximate surface area is 137 Å². The highest BCUT2D eigenvalue weighted by molar-refractivity contribution is 6.31. The third-order valence-corrected chi connectivity index (χ3v) is 3.38. The molecule has 0 aliphatic carbocycles. The summed E-state index contributed by atoms with van der Waals surface area (Å²) in [6.07, 6.45) is 0. The lowest BCUT2D eigenvalue weighted by Gasteiger charge is -2.10. The van der Waals surface area contributed by atoms with Crippen LogP contribution in [-0.4, -0.2) is 19.2 Å². The maximum atomic E-state index is 13.0. The van der Waals surface area contributed by atoms with Gasteiger partial charge in [0.1, 0.15) is 12.4 Å². The van der Waals surface area contributed by atoms with Gasteiger partial charge in [-0.3, -0.25) is 0 Å². The van der Waals surface area contributed by atoms with E-state index in [0.29, 0.717) is 10.7 Å². The summed E-state index contributed by atoms with van der Waals surface area (Å²) < 4.78 is 30.9. The van der Waals surface area contributed by atoms with Gasteiger partial charge in [0, 0.05) is 16.8 Å². The van der Waals surface area contributed by atoms with Gasteiger partial charge in [0.2, 0.25) is 0 Å². The van der Waals surface area contributed by atoms with E-state index in [1.54, 1.807) is 18.2 Å². The highest BCUT2D eigenvalue weighted by Crippen LogP contribution is 2.19. The summed E-state index contributed by atoms with van der Waals surface area (Å²) in [5.41, 5.74) is 1.48. The first kappa shape index (κ1) is 17.0. The lowest BCUT2D eigenvalue weighted by Crippen LogP contribution is -2.32. The Morgan fingerprint density at radius 1 is 1.17 bits per heavy atom. The summed E-state index contributed by atoms with van der Waals surface area (Å²) in [4.78, 5) is 11.7. The zero-order valence-electron chi connectivity index (χ0n) is 12.3. The first-order valence-corrected chi connectivity index (χ1v) is 7.22. The molecule has 2 aromatic carbocycles. The standard InChI is InChI=1S/C16H15ClF2N2O2/c1-10-2-3-11(8-13(10)17)21-16(22)20-6-7-23-12-4-5-14(18)15(19)9-12/h2-5,8-9H,6-7H2,1H3,(H2,20,21,22). The number of carbonyl (C=O) groups is 1. The molecular formula is C16H15ClF2N2O2. The number of anilines is 1. The second-order valence-electron chi connectivity index (χ2n) is 4.77. The van der Waals surface area contributed by atoms with Crippen LogP contribution < -0.4 is 15.4 Å². The van der Waals surface area contributed by atoms with Crippen molar-refractivity contribution in [1.82, 2.24) is 5.32 Å². The van der Waals surface area contributed by atoms with E-state index in [4.69, 9.17) is 16.3 Å². The second kappa shape index (κ2) is 7.78. The molecule has 2 aromatic rings. The maximum absolute atomic E-state index is 13.0. The maximum Gasteiger partial charge on any atom is 0.319 e. The molecule has 0 aromatic heterocycles. The molecular weight excluding hydrogens is 326 g/mol. The van der Waals surface area contributed by atoms with E-state index in [1.165, 1.54) is 6.07 Å². The van der Waals surface area contributed by atoms with Gasteiger partial charge in [0.25, 0.3) is 0 Å². The average molecular weight is 341 g/mol. The van der Waals surface area contributed by atoms with Gasteiger partial charge < -0.3 is 15.4 Å². The van der Waals surface area contributed by atoms with Gasteiger partial charge in [-0.1, -0.05) is 17.7 Å². The Kier molecular flexibility index (Phi) is 5.76. The predicted octanol–water partition coefficient (Wildman–Crippen LogP) is 4.13. The van der Waals surface area contributed by atoms with Crippen molar-refractivity contribution in [3.05, 3.63) is 58.6 Å². The molecule has 7 heteroatoms. The van der Waals surface area contributed by atoms with Crippen LogP contribution in [0, 0.1) is 18.6 Å². The largest absolute Gasteiger partial charge is 0.492 e. The Balaban J connectivity index is 1.74. The van der Waals surface area contributed by atoms with E-state index in [9.17, 15) is 13.6 Å². The van der Waals surface area contributed by atoms with Gasteiger partial charge in [-0.15, -0.1) is 0 Å². The van der Waals surface area contributed by atoms with Gasteiger partial charge in [0.05, 0.1) is 6.54 Å². The molecule has 0 saturated carbocycles. The highest BCUT2D eigenvalue weighted by Gasteiger charge is 2.05. The van der Waals surface area contributed by atoms with Crippen LogP contribution in [0.5, 0.6) is 5.75 Å². The first-order valence-electron chi connectivity index (χ1n) is 6.84. The Hall–Kier alpha value is -2.34.